The van der Waals surface area contributed by atoms with Crippen molar-refractivity contribution in [2.75, 3.05) is 33.2 Å². The highest BCUT2D eigenvalue weighted by molar-refractivity contribution is 5.95. The molecule has 1 amide bonds. The summed E-state index contributed by atoms with van der Waals surface area (Å²) < 4.78 is 18.5. The molecule has 5 aromatic rings. The largest absolute Gasteiger partial charge is 0.493 e. The van der Waals surface area contributed by atoms with Crippen molar-refractivity contribution in [3.8, 4) is 56.1 Å². The summed E-state index contributed by atoms with van der Waals surface area (Å²) >= 11 is 0. The number of carbonyl (C=O) groups excluding carboxylic acids is 1. The smallest absolute Gasteiger partial charge is 0.254 e. The minimum atomic E-state index is -0.767. The molecule has 0 spiro atoms. The predicted molar refractivity (Wildman–Crippen MR) is 182 cm³/mol. The molecule has 0 atom stereocenters. The third-order valence-electron chi connectivity index (χ3n) is 8.65. The molecule has 3 aromatic heterocycles. The summed E-state index contributed by atoms with van der Waals surface area (Å²) in [6.45, 7) is 3.82. The van der Waals surface area contributed by atoms with E-state index in [1.165, 1.54) is 0 Å². The van der Waals surface area contributed by atoms with Gasteiger partial charge in [-0.2, -0.15) is 0 Å². The number of rotatable bonds is 9. The predicted octanol–water partition coefficient (Wildman–Crippen LogP) is 5.74. The number of hydrogen-bond donors (Lipinski definition) is 2. The van der Waals surface area contributed by atoms with Gasteiger partial charge in [-0.25, -0.2) is 4.98 Å². The molecular weight excluding hydrogens is 594 g/mol. The molecule has 0 aliphatic carbocycles. The minimum Gasteiger partial charge on any atom is -0.493 e. The summed E-state index contributed by atoms with van der Waals surface area (Å²) in [4.78, 5) is 35.4. The first kappa shape index (κ1) is 31.5. The van der Waals surface area contributed by atoms with E-state index in [2.05, 4.69) is 9.97 Å². The maximum Gasteiger partial charge on any atom is 0.254 e. The number of anilines is 1. The van der Waals surface area contributed by atoms with E-state index in [1.807, 2.05) is 72.2 Å². The number of nitrogens with zero attached hydrogens (tertiary/aromatic N) is 3. The Morgan fingerprint density at radius 3 is 2.19 bits per heavy atom. The highest BCUT2D eigenvalue weighted by atomic mass is 16.5. The first-order valence-electron chi connectivity index (χ1n) is 15.4. The zero-order chi connectivity index (χ0) is 33.1. The van der Waals surface area contributed by atoms with Crippen LogP contribution in [0.2, 0.25) is 0 Å². The second-order valence-corrected chi connectivity index (χ2v) is 11.7. The maximum absolute atomic E-state index is 13.9. The Hall–Kier alpha value is -5.48. The molecule has 0 radical (unpaired) electrons. The van der Waals surface area contributed by atoms with Crippen LogP contribution in [-0.2, 0) is 11.3 Å². The molecule has 4 N–H and O–H groups in total. The van der Waals surface area contributed by atoms with Crippen molar-refractivity contribution in [1.29, 1.82) is 0 Å². The Morgan fingerprint density at radius 2 is 1.53 bits per heavy atom. The van der Waals surface area contributed by atoms with Crippen LogP contribution >= 0.6 is 0 Å². The van der Waals surface area contributed by atoms with Crippen LogP contribution in [0.4, 0.5) is 5.82 Å². The third-order valence-corrected chi connectivity index (χ3v) is 8.65. The van der Waals surface area contributed by atoms with Gasteiger partial charge >= 0.3 is 0 Å². The summed E-state index contributed by atoms with van der Waals surface area (Å²) in [6.07, 6.45) is 6.75. The van der Waals surface area contributed by atoms with Crippen LogP contribution < -0.4 is 26.4 Å². The molecule has 47 heavy (non-hydrogen) atoms. The van der Waals surface area contributed by atoms with Crippen LogP contribution in [0.25, 0.3) is 44.6 Å². The van der Waals surface area contributed by atoms with Crippen molar-refractivity contribution in [2.24, 2.45) is 11.7 Å². The van der Waals surface area contributed by atoms with Gasteiger partial charge in [-0.05, 0) is 66.6 Å². The van der Waals surface area contributed by atoms with E-state index < -0.39 is 11.3 Å². The summed E-state index contributed by atoms with van der Waals surface area (Å²) in [5, 5.41) is 0. The average molecular weight is 632 g/mol. The number of aromatic nitrogens is 3. The number of nitrogen functional groups attached to an aromatic ring is 1. The van der Waals surface area contributed by atoms with E-state index in [9.17, 15) is 9.59 Å². The number of aryl methyl sites for hydroxylation is 1. The second kappa shape index (κ2) is 13.5. The molecular formula is C37H37N5O5. The zero-order valence-electron chi connectivity index (χ0n) is 26.7. The Bertz CT molecular complexity index is 1980. The van der Waals surface area contributed by atoms with Crippen molar-refractivity contribution in [3.05, 3.63) is 101 Å². The number of carbonyl (C=O) groups is 1. The standard InChI is InChI=1S/C37H37N5O5/c1-22-4-5-27(18-40-22)33-34(42(20-23-12-14-47-15-13-23)21-30(35(33)43)37(39)44)25-8-6-24(7-9-25)29-16-28(19-41-36(29)38)26-10-11-31(45-2)32(17-26)46-3/h4-11,16-19,21,23H,12-15,20H2,1-3H3,(H2,38,41)(H2,39,44). The molecule has 2 aromatic carbocycles. The Kier molecular flexibility index (Phi) is 9.03. The summed E-state index contributed by atoms with van der Waals surface area (Å²) in [7, 11) is 3.20. The summed E-state index contributed by atoms with van der Waals surface area (Å²) in [5.74, 6) is 1.17. The van der Waals surface area contributed by atoms with Gasteiger partial charge < -0.3 is 30.2 Å². The second-order valence-electron chi connectivity index (χ2n) is 11.7. The highest BCUT2D eigenvalue weighted by Gasteiger charge is 2.24. The topological polar surface area (TPSA) is 145 Å². The lowest BCUT2D eigenvalue weighted by Gasteiger charge is -2.26. The van der Waals surface area contributed by atoms with Gasteiger partial charge in [0, 0.05) is 60.7 Å². The van der Waals surface area contributed by atoms with Crippen LogP contribution in [0, 0.1) is 12.8 Å². The lowest BCUT2D eigenvalue weighted by Crippen LogP contribution is -2.28. The highest BCUT2D eigenvalue weighted by Crippen LogP contribution is 2.37. The molecule has 0 bridgehead atoms. The van der Waals surface area contributed by atoms with Gasteiger partial charge in [-0.1, -0.05) is 36.4 Å². The van der Waals surface area contributed by atoms with Gasteiger partial charge in [0.1, 0.15) is 11.4 Å². The molecule has 240 valence electrons. The molecule has 10 nitrogen and oxygen atoms in total. The lowest BCUT2D eigenvalue weighted by atomic mass is 9.94. The Balaban J connectivity index is 1.47. The number of primary amides is 1. The Morgan fingerprint density at radius 1 is 0.872 bits per heavy atom. The monoisotopic (exact) mass is 631 g/mol. The van der Waals surface area contributed by atoms with Crippen LogP contribution in [0.1, 0.15) is 28.9 Å². The summed E-state index contributed by atoms with van der Waals surface area (Å²) in [5.41, 5.74) is 18.3. The molecule has 6 rings (SSSR count). The molecule has 4 heterocycles. The van der Waals surface area contributed by atoms with Crippen LogP contribution in [-0.4, -0.2) is 47.9 Å². The minimum absolute atomic E-state index is 0.0566. The fourth-order valence-corrected chi connectivity index (χ4v) is 6.07. The van der Waals surface area contributed by atoms with Gasteiger partial charge in [-0.15, -0.1) is 0 Å². The molecule has 1 fully saturated rings. The molecule has 1 aliphatic rings. The van der Waals surface area contributed by atoms with Crippen molar-refractivity contribution < 1.29 is 19.0 Å². The van der Waals surface area contributed by atoms with E-state index in [-0.39, 0.29) is 5.56 Å². The van der Waals surface area contributed by atoms with E-state index >= 15 is 0 Å². The van der Waals surface area contributed by atoms with E-state index in [0.29, 0.717) is 59.8 Å². The van der Waals surface area contributed by atoms with E-state index in [0.717, 1.165) is 46.4 Å². The molecule has 10 heteroatoms. The van der Waals surface area contributed by atoms with Crippen LogP contribution in [0.3, 0.4) is 0 Å². The van der Waals surface area contributed by atoms with Crippen LogP contribution in [0.5, 0.6) is 11.5 Å². The quantitative estimate of drug-likeness (QED) is 0.210. The van der Waals surface area contributed by atoms with Gasteiger partial charge in [0.05, 0.1) is 25.5 Å². The lowest BCUT2D eigenvalue weighted by molar-refractivity contribution is 0.0613. The average Bonchev–Trinajstić information content (AvgIpc) is 3.09. The normalized spacial score (nSPS) is 13.3. The van der Waals surface area contributed by atoms with Crippen molar-refractivity contribution in [3.63, 3.8) is 0 Å². The zero-order valence-corrected chi connectivity index (χ0v) is 26.7. The van der Waals surface area contributed by atoms with Crippen molar-refractivity contribution >= 4 is 11.7 Å². The number of benzene rings is 2. The van der Waals surface area contributed by atoms with Gasteiger partial charge in [0.15, 0.2) is 11.5 Å². The van der Waals surface area contributed by atoms with Crippen molar-refractivity contribution in [1.82, 2.24) is 14.5 Å². The number of hydrogen-bond acceptors (Lipinski definition) is 8. The SMILES string of the molecule is COc1ccc(-c2cnc(N)c(-c3ccc(-c4c(-c5ccc(C)nc5)c(=O)c(C(N)=O)cn4CC4CCOCC4)cc3)c2)cc1OC. The number of nitrogens with two attached hydrogens (primary N) is 2. The number of pyridine rings is 3. The van der Waals surface area contributed by atoms with E-state index in [1.54, 1.807) is 32.8 Å². The molecule has 1 saturated heterocycles. The third kappa shape index (κ3) is 6.45. The number of amides is 1. The summed E-state index contributed by atoms with van der Waals surface area (Å²) in [6, 6.07) is 19.2. The fraction of sp³-hybridized carbons (Fsp3) is 0.243. The van der Waals surface area contributed by atoms with Gasteiger partial charge in [0.25, 0.3) is 5.91 Å². The molecule has 1 aliphatic heterocycles. The molecule has 0 saturated carbocycles. The van der Waals surface area contributed by atoms with E-state index in [4.69, 9.17) is 25.7 Å². The van der Waals surface area contributed by atoms with Gasteiger partial charge in [-0.3, -0.25) is 14.6 Å². The van der Waals surface area contributed by atoms with Crippen LogP contribution in [0.15, 0.2) is 84.0 Å². The first-order valence-corrected chi connectivity index (χ1v) is 15.4. The maximum atomic E-state index is 13.9. The first-order chi connectivity index (χ1) is 22.8. The Labute approximate surface area is 273 Å². The fourth-order valence-electron chi connectivity index (χ4n) is 6.07. The van der Waals surface area contributed by atoms with Gasteiger partial charge in [0.2, 0.25) is 5.43 Å². The molecule has 0 unspecified atom stereocenters. The number of ether oxygens (including phenoxy) is 3. The van der Waals surface area contributed by atoms with Crippen molar-refractivity contribution in [2.45, 2.75) is 26.3 Å². The number of methoxy groups -OCH3 is 2.